The number of hydrogen-bond acceptors (Lipinski definition) is 1. The Hall–Kier alpha value is -0.560. The Morgan fingerprint density at radius 3 is 2.53 bits per heavy atom. The van der Waals surface area contributed by atoms with E-state index >= 15 is 0 Å². The number of pyridine rings is 1. The van der Waals surface area contributed by atoms with Crippen LogP contribution in [0.15, 0.2) is 18.2 Å². The van der Waals surface area contributed by atoms with Crippen LogP contribution in [0.4, 0.5) is 13.2 Å². The van der Waals surface area contributed by atoms with Gasteiger partial charge in [0.1, 0.15) is 5.69 Å². The molecule has 1 heterocycles. The van der Waals surface area contributed by atoms with E-state index in [9.17, 15) is 13.2 Å². The number of hydrogen-bond donors (Lipinski definition) is 0. The Kier molecular flexibility index (Phi) is 3.24. The number of halogens is 5. The minimum atomic E-state index is -4.48. The summed E-state index contributed by atoms with van der Waals surface area (Å²) in [6.45, 7) is 1.33. The third-order valence-corrected chi connectivity index (χ3v) is 3.54. The molecule has 0 aliphatic heterocycles. The second kappa shape index (κ2) is 4.28. The zero-order valence-electron chi connectivity index (χ0n) is 8.57. The molecule has 0 radical (unpaired) electrons. The molecule has 2 rings (SSSR count). The fraction of sp³-hybridized carbons (Fsp3) is 0.182. The maximum Gasteiger partial charge on any atom is 0.433 e. The van der Waals surface area contributed by atoms with E-state index in [0.29, 0.717) is 5.39 Å². The first-order valence-corrected chi connectivity index (χ1v) is 6.09. The molecule has 0 saturated carbocycles. The Bertz CT molecular complexity index is 595. The summed E-state index contributed by atoms with van der Waals surface area (Å²) in [6.07, 6.45) is -4.48. The summed E-state index contributed by atoms with van der Waals surface area (Å²) in [6, 6.07) is 4.96. The van der Waals surface area contributed by atoms with Crippen LogP contribution in [0.25, 0.3) is 10.9 Å². The van der Waals surface area contributed by atoms with Crippen LogP contribution in [-0.2, 0) is 6.18 Å². The standard InChI is InChI=1S/C11H6ClF3IN/c1-5-9(12)7-4-6(16)2-3-8(7)17-10(5)11(13,14)15/h2-4H,1H3. The highest BCUT2D eigenvalue weighted by molar-refractivity contribution is 14.1. The molecule has 0 aliphatic carbocycles. The molecule has 2 aromatic rings. The highest BCUT2D eigenvalue weighted by Crippen LogP contribution is 2.36. The Labute approximate surface area is 114 Å². The van der Waals surface area contributed by atoms with Crippen LogP contribution in [-0.4, -0.2) is 4.98 Å². The number of rotatable bonds is 0. The molecule has 0 unspecified atom stereocenters. The Balaban J connectivity index is 2.85. The predicted molar refractivity (Wildman–Crippen MR) is 69.2 cm³/mol. The second-order valence-electron chi connectivity index (χ2n) is 3.56. The van der Waals surface area contributed by atoms with E-state index in [1.807, 2.05) is 0 Å². The smallest absolute Gasteiger partial charge is 0.243 e. The Morgan fingerprint density at radius 1 is 1.29 bits per heavy atom. The molecule has 1 nitrogen and oxygen atoms in total. The average Bonchev–Trinajstić information content (AvgIpc) is 2.22. The van der Waals surface area contributed by atoms with Crippen molar-refractivity contribution in [1.29, 1.82) is 0 Å². The van der Waals surface area contributed by atoms with E-state index in [1.54, 1.807) is 12.1 Å². The summed E-state index contributed by atoms with van der Waals surface area (Å²) >= 11 is 8.04. The van der Waals surface area contributed by atoms with E-state index in [0.717, 1.165) is 3.57 Å². The third kappa shape index (κ3) is 2.35. The van der Waals surface area contributed by atoms with Gasteiger partial charge >= 0.3 is 6.18 Å². The van der Waals surface area contributed by atoms with Crippen LogP contribution < -0.4 is 0 Å². The van der Waals surface area contributed by atoms with Gasteiger partial charge in [-0.15, -0.1) is 0 Å². The lowest BCUT2D eigenvalue weighted by Gasteiger charge is -2.12. The lowest BCUT2D eigenvalue weighted by atomic mass is 10.1. The van der Waals surface area contributed by atoms with Gasteiger partial charge in [0.15, 0.2) is 0 Å². The minimum Gasteiger partial charge on any atom is -0.243 e. The molecule has 0 amide bonds. The summed E-state index contributed by atoms with van der Waals surface area (Å²) in [7, 11) is 0. The largest absolute Gasteiger partial charge is 0.433 e. The predicted octanol–water partition coefficient (Wildman–Crippen LogP) is 4.82. The monoisotopic (exact) mass is 371 g/mol. The van der Waals surface area contributed by atoms with Crippen LogP contribution in [0, 0.1) is 10.5 Å². The quantitative estimate of drug-likeness (QED) is 0.605. The lowest BCUT2D eigenvalue weighted by molar-refractivity contribution is -0.141. The number of nitrogens with zero attached hydrogens (tertiary/aromatic N) is 1. The molecular weight excluding hydrogens is 365 g/mol. The zero-order chi connectivity index (χ0) is 12.8. The van der Waals surface area contributed by atoms with Gasteiger partial charge < -0.3 is 0 Å². The van der Waals surface area contributed by atoms with E-state index in [2.05, 4.69) is 27.6 Å². The van der Waals surface area contributed by atoms with Crippen molar-refractivity contribution in [3.05, 3.63) is 38.0 Å². The summed E-state index contributed by atoms with van der Waals surface area (Å²) in [5, 5.41) is 0.657. The number of benzene rings is 1. The van der Waals surface area contributed by atoms with Crippen LogP contribution in [0.1, 0.15) is 11.3 Å². The van der Waals surface area contributed by atoms with Gasteiger partial charge in [-0.25, -0.2) is 4.98 Å². The van der Waals surface area contributed by atoms with Crippen molar-refractivity contribution in [2.75, 3.05) is 0 Å². The van der Waals surface area contributed by atoms with Crippen molar-refractivity contribution < 1.29 is 13.2 Å². The molecule has 0 fully saturated rings. The molecule has 1 aromatic heterocycles. The SMILES string of the molecule is Cc1c(C(F)(F)F)nc2ccc(I)cc2c1Cl. The summed E-state index contributed by atoms with van der Waals surface area (Å²) < 4.78 is 39.0. The molecule has 0 aliphatic rings. The Morgan fingerprint density at radius 2 is 1.94 bits per heavy atom. The number of fused-ring (bicyclic) bond motifs is 1. The molecular formula is C11H6ClF3IN. The normalized spacial score (nSPS) is 12.1. The molecule has 6 heteroatoms. The first-order valence-electron chi connectivity index (χ1n) is 4.63. The second-order valence-corrected chi connectivity index (χ2v) is 5.18. The highest BCUT2D eigenvalue weighted by atomic mass is 127. The van der Waals surface area contributed by atoms with E-state index in [-0.39, 0.29) is 16.1 Å². The van der Waals surface area contributed by atoms with Gasteiger partial charge in [-0.2, -0.15) is 13.2 Å². The fourth-order valence-electron chi connectivity index (χ4n) is 1.57. The van der Waals surface area contributed by atoms with Crippen molar-refractivity contribution in [3.8, 4) is 0 Å². The van der Waals surface area contributed by atoms with Gasteiger partial charge in [-0.05, 0) is 53.3 Å². The lowest BCUT2D eigenvalue weighted by Crippen LogP contribution is -2.11. The topological polar surface area (TPSA) is 12.9 Å². The first kappa shape index (κ1) is 12.9. The zero-order valence-corrected chi connectivity index (χ0v) is 11.5. The molecule has 0 bridgehead atoms. The number of aromatic nitrogens is 1. The fourth-order valence-corrected chi connectivity index (χ4v) is 2.30. The minimum absolute atomic E-state index is 0.0336. The highest BCUT2D eigenvalue weighted by Gasteiger charge is 2.35. The molecule has 17 heavy (non-hydrogen) atoms. The summed E-state index contributed by atoms with van der Waals surface area (Å²) in [4.78, 5) is 3.64. The van der Waals surface area contributed by atoms with Crippen molar-refractivity contribution in [3.63, 3.8) is 0 Å². The molecule has 0 N–H and O–H groups in total. The average molecular weight is 372 g/mol. The van der Waals surface area contributed by atoms with Crippen LogP contribution in [0.2, 0.25) is 5.02 Å². The van der Waals surface area contributed by atoms with Crippen molar-refractivity contribution in [2.45, 2.75) is 13.1 Å². The van der Waals surface area contributed by atoms with Crippen LogP contribution in [0.3, 0.4) is 0 Å². The molecule has 0 spiro atoms. The first-order chi connectivity index (χ1) is 7.80. The molecule has 0 atom stereocenters. The van der Waals surface area contributed by atoms with Crippen molar-refractivity contribution >= 4 is 45.1 Å². The van der Waals surface area contributed by atoms with Gasteiger partial charge in [-0.3, -0.25) is 0 Å². The summed E-state index contributed by atoms with van der Waals surface area (Å²) in [5.41, 5.74) is -0.696. The summed E-state index contributed by atoms with van der Waals surface area (Å²) in [5.74, 6) is 0. The van der Waals surface area contributed by atoms with Crippen LogP contribution in [0.5, 0.6) is 0 Å². The maximum atomic E-state index is 12.7. The van der Waals surface area contributed by atoms with Gasteiger partial charge in [0.05, 0.1) is 10.5 Å². The molecule has 90 valence electrons. The van der Waals surface area contributed by atoms with Gasteiger partial charge in [-0.1, -0.05) is 11.6 Å². The van der Waals surface area contributed by atoms with Gasteiger partial charge in [0.2, 0.25) is 0 Å². The molecule has 1 aromatic carbocycles. The molecule has 0 saturated heterocycles. The third-order valence-electron chi connectivity index (χ3n) is 2.38. The van der Waals surface area contributed by atoms with Crippen LogP contribution >= 0.6 is 34.2 Å². The van der Waals surface area contributed by atoms with Gasteiger partial charge in [0.25, 0.3) is 0 Å². The van der Waals surface area contributed by atoms with E-state index in [1.165, 1.54) is 13.0 Å². The maximum absolute atomic E-state index is 12.7. The van der Waals surface area contributed by atoms with E-state index in [4.69, 9.17) is 11.6 Å². The number of alkyl halides is 3. The van der Waals surface area contributed by atoms with E-state index < -0.39 is 11.9 Å². The van der Waals surface area contributed by atoms with Gasteiger partial charge in [0, 0.05) is 8.96 Å². The van der Waals surface area contributed by atoms with Crippen molar-refractivity contribution in [2.24, 2.45) is 0 Å². The van der Waals surface area contributed by atoms with Crippen molar-refractivity contribution in [1.82, 2.24) is 4.98 Å².